The average Bonchev–Trinajstić information content (AvgIpc) is 2.66. The summed E-state index contributed by atoms with van der Waals surface area (Å²) >= 11 is 0. The van der Waals surface area contributed by atoms with E-state index < -0.39 is 11.7 Å². The third kappa shape index (κ3) is 6.03. The molecule has 0 heterocycles. The summed E-state index contributed by atoms with van der Waals surface area (Å²) in [7, 11) is 1.51. The molecule has 0 aliphatic carbocycles. The Morgan fingerprint density at radius 2 is 1.71 bits per heavy atom. The molecule has 0 spiro atoms. The van der Waals surface area contributed by atoms with Gasteiger partial charge < -0.3 is 10.1 Å². The highest BCUT2D eigenvalue weighted by atomic mass is 19.1. The lowest BCUT2D eigenvalue weighted by atomic mass is 10.1. The Morgan fingerprint density at radius 3 is 2.25 bits per heavy atom. The largest absolute Gasteiger partial charge is 0.496 e. The molecule has 0 unspecified atom stereocenters. The van der Waals surface area contributed by atoms with Crippen LogP contribution in [0.3, 0.4) is 0 Å². The van der Waals surface area contributed by atoms with Gasteiger partial charge in [0.05, 0.1) is 18.4 Å². The summed E-state index contributed by atoms with van der Waals surface area (Å²) in [6, 6.07) is 11.4. The monoisotopic (exact) mass is 333 g/mol. The molecule has 2 rings (SSSR count). The average molecular weight is 333 g/mol. The standard InChI is InChI=1S/C16H16FNO2.2C2H6/c1-3-11-8-9-12(15(10-11)20-2)16(19)18-14-7-5-4-6-13(14)17;2*1-2/h4-10H,3H2,1-2H3,(H,18,19);2*1-2H3. The van der Waals surface area contributed by atoms with Crippen LogP contribution in [0.25, 0.3) is 0 Å². The van der Waals surface area contributed by atoms with Gasteiger partial charge >= 0.3 is 0 Å². The van der Waals surface area contributed by atoms with Gasteiger partial charge in [-0.2, -0.15) is 0 Å². The molecule has 1 amide bonds. The third-order valence-corrected chi connectivity index (χ3v) is 3.04. The van der Waals surface area contributed by atoms with E-state index >= 15 is 0 Å². The predicted molar refractivity (Wildman–Crippen MR) is 99.4 cm³/mol. The molecule has 2 aromatic carbocycles. The summed E-state index contributed by atoms with van der Waals surface area (Å²) in [5, 5.41) is 2.54. The number of methoxy groups -OCH3 is 1. The molecule has 0 fully saturated rings. The summed E-state index contributed by atoms with van der Waals surface area (Å²) < 4.78 is 18.7. The van der Waals surface area contributed by atoms with Crippen LogP contribution in [0.15, 0.2) is 42.5 Å². The molecule has 0 aromatic heterocycles. The van der Waals surface area contributed by atoms with Crippen LogP contribution in [0.4, 0.5) is 10.1 Å². The summed E-state index contributed by atoms with van der Waals surface area (Å²) in [5.74, 6) is -0.377. The lowest BCUT2D eigenvalue weighted by Gasteiger charge is -2.11. The summed E-state index contributed by atoms with van der Waals surface area (Å²) in [4.78, 5) is 12.2. The Bertz CT molecular complexity index is 627. The number of amides is 1. The number of carbonyl (C=O) groups is 1. The Hall–Kier alpha value is -2.36. The molecule has 0 saturated carbocycles. The summed E-state index contributed by atoms with van der Waals surface area (Å²) in [5.41, 5.74) is 1.61. The fourth-order valence-corrected chi connectivity index (χ4v) is 1.90. The van der Waals surface area contributed by atoms with Gasteiger partial charge in [0, 0.05) is 0 Å². The normalized spacial score (nSPS) is 8.96. The second kappa shape index (κ2) is 12.1. The van der Waals surface area contributed by atoms with Gasteiger partial charge in [-0.25, -0.2) is 4.39 Å². The Labute approximate surface area is 144 Å². The molecule has 0 aliphatic heterocycles. The molecule has 2 aromatic rings. The number of hydrogen-bond acceptors (Lipinski definition) is 2. The highest BCUT2D eigenvalue weighted by Crippen LogP contribution is 2.22. The topological polar surface area (TPSA) is 38.3 Å². The Kier molecular flexibility index (Phi) is 10.9. The Morgan fingerprint density at radius 1 is 1.08 bits per heavy atom. The van der Waals surface area contributed by atoms with Crippen molar-refractivity contribution in [1.82, 2.24) is 0 Å². The first-order chi connectivity index (χ1) is 11.7. The van der Waals surface area contributed by atoms with E-state index in [0.29, 0.717) is 11.3 Å². The third-order valence-electron chi connectivity index (χ3n) is 3.04. The van der Waals surface area contributed by atoms with Crippen LogP contribution in [0.2, 0.25) is 0 Å². The maximum absolute atomic E-state index is 13.5. The minimum atomic E-state index is -0.468. The van der Waals surface area contributed by atoms with Crippen LogP contribution < -0.4 is 10.1 Å². The molecule has 132 valence electrons. The van der Waals surface area contributed by atoms with Gasteiger partial charge in [0.1, 0.15) is 11.6 Å². The molecule has 4 heteroatoms. The first-order valence-electron chi connectivity index (χ1n) is 8.38. The second-order valence-corrected chi connectivity index (χ2v) is 4.32. The van der Waals surface area contributed by atoms with Crippen molar-refractivity contribution < 1.29 is 13.9 Å². The van der Waals surface area contributed by atoms with Crippen LogP contribution in [-0.2, 0) is 6.42 Å². The first kappa shape index (κ1) is 21.6. The van der Waals surface area contributed by atoms with Crippen molar-refractivity contribution in [3.8, 4) is 5.75 Å². The van der Waals surface area contributed by atoms with Gasteiger partial charge in [0.25, 0.3) is 5.91 Å². The van der Waals surface area contributed by atoms with Crippen molar-refractivity contribution in [1.29, 1.82) is 0 Å². The minimum Gasteiger partial charge on any atom is -0.496 e. The molecule has 0 saturated heterocycles. The van der Waals surface area contributed by atoms with Crippen LogP contribution >= 0.6 is 0 Å². The van der Waals surface area contributed by atoms with E-state index in [-0.39, 0.29) is 5.69 Å². The lowest BCUT2D eigenvalue weighted by Crippen LogP contribution is -2.14. The van der Waals surface area contributed by atoms with Crippen molar-refractivity contribution >= 4 is 11.6 Å². The molecule has 0 aliphatic rings. The van der Waals surface area contributed by atoms with E-state index in [1.807, 2.05) is 46.8 Å². The molecular formula is C20H28FNO2. The van der Waals surface area contributed by atoms with Crippen LogP contribution in [0.5, 0.6) is 5.75 Å². The first-order valence-corrected chi connectivity index (χ1v) is 8.38. The quantitative estimate of drug-likeness (QED) is 0.779. The van der Waals surface area contributed by atoms with Crippen molar-refractivity contribution in [3.63, 3.8) is 0 Å². The number of anilines is 1. The van der Waals surface area contributed by atoms with Crippen LogP contribution in [0, 0.1) is 5.82 Å². The van der Waals surface area contributed by atoms with Gasteiger partial charge in [0.2, 0.25) is 0 Å². The molecule has 0 bridgehead atoms. The number of ether oxygens (including phenoxy) is 1. The number of nitrogens with one attached hydrogen (secondary N) is 1. The van der Waals surface area contributed by atoms with E-state index in [2.05, 4.69) is 5.32 Å². The van der Waals surface area contributed by atoms with E-state index in [4.69, 9.17) is 4.74 Å². The number of carbonyl (C=O) groups excluding carboxylic acids is 1. The highest BCUT2D eigenvalue weighted by Gasteiger charge is 2.14. The van der Waals surface area contributed by atoms with Crippen molar-refractivity contribution in [3.05, 3.63) is 59.4 Å². The van der Waals surface area contributed by atoms with Gasteiger partial charge in [0.15, 0.2) is 0 Å². The Balaban J connectivity index is 0.00000123. The minimum absolute atomic E-state index is 0.152. The van der Waals surface area contributed by atoms with E-state index in [9.17, 15) is 9.18 Å². The van der Waals surface area contributed by atoms with Gasteiger partial charge in [-0.1, -0.05) is 52.8 Å². The fourth-order valence-electron chi connectivity index (χ4n) is 1.90. The zero-order chi connectivity index (χ0) is 18.5. The highest BCUT2D eigenvalue weighted by molar-refractivity contribution is 6.06. The van der Waals surface area contributed by atoms with Crippen molar-refractivity contribution in [2.45, 2.75) is 41.0 Å². The van der Waals surface area contributed by atoms with E-state index in [0.717, 1.165) is 12.0 Å². The lowest BCUT2D eigenvalue weighted by molar-refractivity contribution is 0.102. The number of aryl methyl sites for hydroxylation is 1. The number of hydrogen-bond donors (Lipinski definition) is 1. The zero-order valence-electron chi connectivity index (χ0n) is 15.4. The van der Waals surface area contributed by atoms with E-state index in [1.165, 1.54) is 19.2 Å². The van der Waals surface area contributed by atoms with Gasteiger partial charge in [-0.3, -0.25) is 4.79 Å². The number of halogens is 1. The van der Waals surface area contributed by atoms with Crippen molar-refractivity contribution in [2.24, 2.45) is 0 Å². The number of rotatable bonds is 4. The summed E-state index contributed by atoms with van der Waals surface area (Å²) in [6.45, 7) is 10.0. The molecule has 0 atom stereocenters. The summed E-state index contributed by atoms with van der Waals surface area (Å²) in [6.07, 6.45) is 0.853. The zero-order valence-corrected chi connectivity index (χ0v) is 15.4. The number of benzene rings is 2. The van der Waals surface area contributed by atoms with Gasteiger partial charge in [-0.15, -0.1) is 0 Å². The molecular weight excluding hydrogens is 305 g/mol. The van der Waals surface area contributed by atoms with Crippen LogP contribution in [-0.4, -0.2) is 13.0 Å². The maximum Gasteiger partial charge on any atom is 0.259 e. The maximum atomic E-state index is 13.5. The van der Waals surface area contributed by atoms with Crippen molar-refractivity contribution in [2.75, 3.05) is 12.4 Å². The smallest absolute Gasteiger partial charge is 0.259 e. The fraction of sp³-hybridized carbons (Fsp3) is 0.350. The SMILES string of the molecule is CC.CC.CCc1ccc(C(=O)Nc2ccccc2F)c(OC)c1. The molecule has 24 heavy (non-hydrogen) atoms. The molecule has 3 nitrogen and oxygen atoms in total. The molecule has 1 N–H and O–H groups in total. The van der Waals surface area contributed by atoms with Gasteiger partial charge in [-0.05, 0) is 36.2 Å². The van der Waals surface area contributed by atoms with E-state index in [1.54, 1.807) is 18.2 Å². The number of para-hydroxylation sites is 1. The molecule has 0 radical (unpaired) electrons. The predicted octanol–water partition coefficient (Wildman–Crippen LogP) is 5.70. The second-order valence-electron chi connectivity index (χ2n) is 4.32. The van der Waals surface area contributed by atoms with Crippen LogP contribution in [0.1, 0.15) is 50.5 Å².